The van der Waals surface area contributed by atoms with Gasteiger partial charge in [-0.15, -0.1) is 0 Å². The number of anilines is 2. The Labute approximate surface area is 94.9 Å². The van der Waals surface area contributed by atoms with Gasteiger partial charge in [0.2, 0.25) is 0 Å². The standard InChI is InChI=1S/C11H15N5/c12-4-5-13-10-6-11(16-8-15-10)14-7-9-2-1-3-9/h6,8-9H,1-3,5,7H2,(H2,13,14,15,16). The lowest BCUT2D eigenvalue weighted by atomic mass is 9.85. The van der Waals surface area contributed by atoms with Gasteiger partial charge in [-0.25, -0.2) is 9.97 Å². The van der Waals surface area contributed by atoms with E-state index < -0.39 is 0 Å². The fraction of sp³-hybridized carbons (Fsp3) is 0.545. The van der Waals surface area contributed by atoms with Crippen molar-refractivity contribution in [3.63, 3.8) is 0 Å². The SMILES string of the molecule is N#CCNc1cc(NCC2CCC2)ncn1. The first kappa shape index (κ1) is 10.7. The van der Waals surface area contributed by atoms with Crippen molar-refractivity contribution in [3.8, 4) is 6.07 Å². The second-order valence-electron chi connectivity index (χ2n) is 3.98. The van der Waals surface area contributed by atoms with Crippen molar-refractivity contribution in [2.24, 2.45) is 5.92 Å². The van der Waals surface area contributed by atoms with Gasteiger partial charge in [0.05, 0.1) is 6.07 Å². The molecule has 0 unspecified atom stereocenters. The van der Waals surface area contributed by atoms with Crippen LogP contribution in [0, 0.1) is 17.2 Å². The van der Waals surface area contributed by atoms with Gasteiger partial charge in [-0.05, 0) is 18.8 Å². The van der Waals surface area contributed by atoms with Gasteiger partial charge in [0, 0.05) is 12.6 Å². The molecule has 1 aromatic rings. The van der Waals surface area contributed by atoms with Crippen LogP contribution in [0.5, 0.6) is 0 Å². The maximum atomic E-state index is 8.44. The predicted octanol–water partition coefficient (Wildman–Crippen LogP) is 1.62. The van der Waals surface area contributed by atoms with Gasteiger partial charge in [-0.3, -0.25) is 0 Å². The third kappa shape index (κ3) is 2.83. The second kappa shape index (κ2) is 5.31. The number of hydrogen-bond acceptors (Lipinski definition) is 5. The van der Waals surface area contributed by atoms with E-state index in [0.29, 0.717) is 5.82 Å². The molecule has 1 heterocycles. The first-order chi connectivity index (χ1) is 7.88. The highest BCUT2D eigenvalue weighted by molar-refractivity contribution is 5.46. The van der Waals surface area contributed by atoms with Crippen LogP contribution < -0.4 is 10.6 Å². The molecule has 1 aromatic heterocycles. The molecule has 1 aliphatic carbocycles. The highest BCUT2D eigenvalue weighted by Gasteiger charge is 2.16. The minimum Gasteiger partial charge on any atom is -0.370 e. The van der Waals surface area contributed by atoms with E-state index in [0.717, 1.165) is 18.3 Å². The first-order valence-corrected chi connectivity index (χ1v) is 5.55. The van der Waals surface area contributed by atoms with E-state index in [-0.39, 0.29) is 6.54 Å². The Balaban J connectivity index is 1.85. The van der Waals surface area contributed by atoms with Crippen molar-refractivity contribution in [3.05, 3.63) is 12.4 Å². The number of rotatable bonds is 5. The number of nitrogens with zero attached hydrogens (tertiary/aromatic N) is 3. The summed E-state index contributed by atoms with van der Waals surface area (Å²) in [7, 11) is 0. The zero-order valence-corrected chi connectivity index (χ0v) is 9.11. The molecule has 5 heteroatoms. The average molecular weight is 217 g/mol. The number of nitriles is 1. The van der Waals surface area contributed by atoms with E-state index in [1.165, 1.54) is 25.6 Å². The summed E-state index contributed by atoms with van der Waals surface area (Å²) in [5.41, 5.74) is 0. The Kier molecular flexibility index (Phi) is 3.54. The molecular formula is C11H15N5. The number of nitrogens with one attached hydrogen (secondary N) is 2. The number of aromatic nitrogens is 2. The smallest absolute Gasteiger partial charge is 0.132 e. The zero-order valence-electron chi connectivity index (χ0n) is 9.11. The van der Waals surface area contributed by atoms with E-state index >= 15 is 0 Å². The summed E-state index contributed by atoms with van der Waals surface area (Å²) in [6, 6.07) is 3.84. The second-order valence-corrected chi connectivity index (χ2v) is 3.98. The summed E-state index contributed by atoms with van der Waals surface area (Å²) in [4.78, 5) is 8.16. The predicted molar refractivity (Wildman–Crippen MR) is 62.0 cm³/mol. The van der Waals surface area contributed by atoms with Crippen LogP contribution in [-0.2, 0) is 0 Å². The quantitative estimate of drug-likeness (QED) is 0.733. The van der Waals surface area contributed by atoms with Crippen LogP contribution in [0.1, 0.15) is 19.3 Å². The molecule has 5 nitrogen and oxygen atoms in total. The molecule has 1 fully saturated rings. The lowest BCUT2D eigenvalue weighted by molar-refractivity contribution is 0.333. The van der Waals surface area contributed by atoms with Gasteiger partial charge >= 0.3 is 0 Å². The minimum atomic E-state index is 0.263. The van der Waals surface area contributed by atoms with Crippen molar-refractivity contribution < 1.29 is 0 Å². The molecule has 0 bridgehead atoms. The fourth-order valence-electron chi connectivity index (χ4n) is 1.63. The van der Waals surface area contributed by atoms with Crippen molar-refractivity contribution in [1.82, 2.24) is 9.97 Å². The summed E-state index contributed by atoms with van der Waals surface area (Å²) in [6.07, 6.45) is 5.49. The Morgan fingerprint density at radius 2 is 2.06 bits per heavy atom. The Morgan fingerprint density at radius 3 is 2.69 bits per heavy atom. The highest BCUT2D eigenvalue weighted by atomic mass is 15.1. The largest absolute Gasteiger partial charge is 0.370 e. The Hall–Kier alpha value is -1.83. The third-order valence-corrected chi connectivity index (χ3v) is 2.81. The summed E-state index contributed by atoms with van der Waals surface area (Å²) in [5, 5.41) is 14.6. The molecule has 1 saturated carbocycles. The Bertz CT molecular complexity index is 380. The van der Waals surface area contributed by atoms with E-state index in [1.807, 2.05) is 12.1 Å². The van der Waals surface area contributed by atoms with Crippen LogP contribution in [0.15, 0.2) is 12.4 Å². The molecule has 0 radical (unpaired) electrons. The molecule has 16 heavy (non-hydrogen) atoms. The monoisotopic (exact) mass is 217 g/mol. The maximum Gasteiger partial charge on any atom is 0.132 e. The van der Waals surface area contributed by atoms with Crippen LogP contribution in [0.2, 0.25) is 0 Å². The van der Waals surface area contributed by atoms with E-state index in [2.05, 4.69) is 20.6 Å². The summed E-state index contributed by atoms with van der Waals surface area (Å²) < 4.78 is 0. The summed E-state index contributed by atoms with van der Waals surface area (Å²) in [6.45, 7) is 1.24. The number of hydrogen-bond donors (Lipinski definition) is 2. The highest BCUT2D eigenvalue weighted by Crippen LogP contribution is 2.26. The molecule has 84 valence electrons. The minimum absolute atomic E-state index is 0.263. The molecular weight excluding hydrogens is 202 g/mol. The van der Waals surface area contributed by atoms with E-state index in [4.69, 9.17) is 5.26 Å². The van der Waals surface area contributed by atoms with Gasteiger partial charge in [-0.2, -0.15) is 5.26 Å². The van der Waals surface area contributed by atoms with Crippen molar-refractivity contribution in [1.29, 1.82) is 5.26 Å². The molecule has 0 aromatic carbocycles. The van der Waals surface area contributed by atoms with Crippen molar-refractivity contribution >= 4 is 11.6 Å². The van der Waals surface area contributed by atoms with Crippen LogP contribution in [-0.4, -0.2) is 23.1 Å². The summed E-state index contributed by atoms with van der Waals surface area (Å²) in [5.74, 6) is 2.31. The molecule has 0 atom stereocenters. The average Bonchev–Trinajstić information content (AvgIpc) is 2.25. The van der Waals surface area contributed by atoms with E-state index in [1.54, 1.807) is 0 Å². The summed E-state index contributed by atoms with van der Waals surface area (Å²) >= 11 is 0. The molecule has 2 N–H and O–H groups in total. The van der Waals surface area contributed by atoms with Gasteiger partial charge in [-0.1, -0.05) is 6.42 Å². The normalized spacial score (nSPS) is 14.9. The van der Waals surface area contributed by atoms with Crippen LogP contribution >= 0.6 is 0 Å². The molecule has 0 amide bonds. The van der Waals surface area contributed by atoms with Gasteiger partial charge in [0.15, 0.2) is 0 Å². The maximum absolute atomic E-state index is 8.44. The van der Waals surface area contributed by atoms with E-state index in [9.17, 15) is 0 Å². The lowest BCUT2D eigenvalue weighted by Gasteiger charge is -2.25. The molecule has 2 rings (SSSR count). The van der Waals surface area contributed by atoms with Gasteiger partial charge in [0.25, 0.3) is 0 Å². The molecule has 0 aliphatic heterocycles. The van der Waals surface area contributed by atoms with Crippen LogP contribution in [0.4, 0.5) is 11.6 Å². The van der Waals surface area contributed by atoms with Gasteiger partial charge in [0.1, 0.15) is 24.5 Å². The topological polar surface area (TPSA) is 73.6 Å². The molecule has 0 spiro atoms. The molecule has 0 saturated heterocycles. The van der Waals surface area contributed by atoms with Crippen LogP contribution in [0.25, 0.3) is 0 Å². The van der Waals surface area contributed by atoms with Crippen LogP contribution in [0.3, 0.4) is 0 Å². The van der Waals surface area contributed by atoms with Gasteiger partial charge < -0.3 is 10.6 Å². The first-order valence-electron chi connectivity index (χ1n) is 5.55. The lowest BCUT2D eigenvalue weighted by Crippen LogP contribution is -2.21. The van der Waals surface area contributed by atoms with Crippen molar-refractivity contribution in [2.75, 3.05) is 23.7 Å². The zero-order chi connectivity index (χ0) is 11.2. The van der Waals surface area contributed by atoms with Crippen molar-refractivity contribution in [2.45, 2.75) is 19.3 Å². The Morgan fingerprint density at radius 1 is 1.31 bits per heavy atom. The third-order valence-electron chi connectivity index (χ3n) is 2.81. The molecule has 1 aliphatic rings. The fourth-order valence-corrected chi connectivity index (χ4v) is 1.63.